The number of hydrazone groups is 1. The maximum absolute atomic E-state index is 12.2. The number of rotatable bonds is 4. The van der Waals surface area contributed by atoms with Crippen molar-refractivity contribution < 1.29 is 9.59 Å². The van der Waals surface area contributed by atoms with E-state index in [1.807, 2.05) is 45.9 Å². The smallest absolute Gasteiger partial charge is 0.241 e. The molecule has 0 bridgehead atoms. The van der Waals surface area contributed by atoms with Crippen molar-refractivity contribution in [2.24, 2.45) is 10.1 Å². The van der Waals surface area contributed by atoms with Gasteiger partial charge in [-0.15, -0.1) is 11.8 Å². The average molecular weight is 546 g/mol. The summed E-state index contributed by atoms with van der Waals surface area (Å²) in [6.07, 6.45) is 2.64. The highest BCUT2D eigenvalue weighted by atomic mass is 35.5. The van der Waals surface area contributed by atoms with Crippen molar-refractivity contribution in [3.8, 4) is 0 Å². The van der Waals surface area contributed by atoms with E-state index >= 15 is 0 Å². The minimum atomic E-state index is -0.631. The van der Waals surface area contributed by atoms with E-state index < -0.39 is 10.1 Å². The number of aldehydes is 1. The van der Waals surface area contributed by atoms with Gasteiger partial charge in [0.25, 0.3) is 0 Å². The summed E-state index contributed by atoms with van der Waals surface area (Å²) in [6.45, 7) is 10.4. The molecule has 0 aromatic heterocycles. The van der Waals surface area contributed by atoms with E-state index in [0.29, 0.717) is 10.0 Å². The van der Waals surface area contributed by atoms with Gasteiger partial charge in [-0.1, -0.05) is 29.3 Å². The molecule has 0 aliphatic carbocycles. The van der Waals surface area contributed by atoms with Gasteiger partial charge in [0.2, 0.25) is 5.91 Å². The third kappa shape index (κ3) is 5.34. The molecule has 1 unspecified atom stereocenters. The Balaban J connectivity index is 1.78. The fraction of sp³-hybridized carbons (Fsp3) is 0.407. The number of amidine groups is 1. The molecule has 4 rings (SSSR count). The quantitative estimate of drug-likeness (QED) is 0.261. The molecular weight excluding hydrogens is 515 g/mol. The number of fused-ring (bicyclic) bond motifs is 1. The molecule has 190 valence electrons. The second-order valence-electron chi connectivity index (χ2n) is 9.74. The van der Waals surface area contributed by atoms with Gasteiger partial charge in [-0.2, -0.15) is 5.10 Å². The van der Waals surface area contributed by atoms with Gasteiger partial charge in [0.05, 0.1) is 15.5 Å². The van der Waals surface area contributed by atoms with Crippen molar-refractivity contribution in [2.75, 3.05) is 11.4 Å². The van der Waals surface area contributed by atoms with Crippen LogP contribution in [0.3, 0.4) is 0 Å². The predicted molar refractivity (Wildman–Crippen MR) is 151 cm³/mol. The van der Waals surface area contributed by atoms with Gasteiger partial charge in [-0.25, -0.2) is 5.01 Å². The lowest BCUT2D eigenvalue weighted by Gasteiger charge is -2.38. The van der Waals surface area contributed by atoms with E-state index in [2.05, 4.69) is 22.1 Å². The molecular formula is C27H30Cl2N4O2S. The maximum Gasteiger partial charge on any atom is 0.241 e. The topological polar surface area (TPSA) is 65.3 Å². The molecule has 2 aliphatic rings. The summed E-state index contributed by atoms with van der Waals surface area (Å²) < 4.78 is -0.443. The van der Waals surface area contributed by atoms with Gasteiger partial charge in [-0.05, 0) is 82.0 Å². The molecule has 2 aromatic rings. The molecule has 0 spiro atoms. The second kappa shape index (κ2) is 10.6. The van der Waals surface area contributed by atoms with E-state index in [1.165, 1.54) is 29.3 Å². The summed E-state index contributed by atoms with van der Waals surface area (Å²) in [5.74, 6) is 0.564. The van der Waals surface area contributed by atoms with Crippen molar-refractivity contribution in [3.63, 3.8) is 0 Å². The number of aryl methyl sites for hydroxylation is 1. The predicted octanol–water partition coefficient (Wildman–Crippen LogP) is 6.20. The number of halogens is 2. The van der Waals surface area contributed by atoms with Crippen LogP contribution in [0.4, 0.5) is 5.69 Å². The molecule has 1 amide bonds. The molecule has 36 heavy (non-hydrogen) atoms. The van der Waals surface area contributed by atoms with Crippen molar-refractivity contribution >= 4 is 64.4 Å². The first-order valence-corrected chi connectivity index (χ1v) is 13.6. The number of carbonyl (C=O) groups excluding carboxylic acids is 2. The molecule has 0 N–H and O–H groups in total. The molecule has 9 heteroatoms. The number of benzene rings is 2. The zero-order chi connectivity index (χ0) is 26.2. The third-order valence-corrected chi connectivity index (χ3v) is 8.04. The number of anilines is 1. The van der Waals surface area contributed by atoms with Crippen LogP contribution in [-0.2, 0) is 16.0 Å². The second-order valence-corrected chi connectivity index (χ2v) is 12.3. The zero-order valence-electron chi connectivity index (χ0n) is 21.1. The molecule has 2 aromatic carbocycles. The summed E-state index contributed by atoms with van der Waals surface area (Å²) in [7, 11) is 0. The highest BCUT2D eigenvalue weighted by Gasteiger charge is 2.39. The molecule has 2 aliphatic heterocycles. The van der Waals surface area contributed by atoms with Gasteiger partial charge in [0, 0.05) is 35.8 Å². The summed E-state index contributed by atoms with van der Waals surface area (Å²) in [6, 6.07) is 11.9. The van der Waals surface area contributed by atoms with Crippen molar-refractivity contribution in [1.82, 2.24) is 5.01 Å². The maximum atomic E-state index is 12.2. The van der Waals surface area contributed by atoms with Crippen LogP contribution in [-0.4, -0.2) is 51.5 Å². The number of thioether (sulfide) groups is 1. The fourth-order valence-corrected chi connectivity index (χ4v) is 6.32. The normalized spacial score (nSPS) is 19.7. The first kappa shape index (κ1) is 26.7. The lowest BCUT2D eigenvalue weighted by atomic mass is 9.93. The van der Waals surface area contributed by atoms with Gasteiger partial charge in [0.1, 0.15) is 5.84 Å². The van der Waals surface area contributed by atoms with Crippen molar-refractivity contribution in [1.29, 1.82) is 0 Å². The zero-order valence-corrected chi connectivity index (χ0v) is 23.4. The first-order valence-electron chi connectivity index (χ1n) is 12.0. The molecule has 0 radical (unpaired) electrons. The molecule has 0 saturated heterocycles. The van der Waals surface area contributed by atoms with Crippen LogP contribution in [0.15, 0.2) is 46.5 Å². The number of hydrogen-bond acceptors (Lipinski definition) is 5. The Hall–Kier alpha value is -2.35. The Labute approximate surface area is 226 Å². The monoisotopic (exact) mass is 544 g/mol. The van der Waals surface area contributed by atoms with Crippen LogP contribution in [0, 0.1) is 0 Å². The average Bonchev–Trinajstić information content (AvgIpc) is 2.81. The standard InChI is InChI=1S/C27H30Cl2N4O2S/c1-16(2)30-26(21-10-9-20(28)14-22(21)29)32-12-6-7-18-13-19(8-11-23(18)32)25-27(4,5)36-24(15-34)33(31-25)17(3)35/h8-11,13-16,24H,6-7,12H2,1-5H3. The van der Waals surface area contributed by atoms with Crippen LogP contribution < -0.4 is 4.90 Å². The molecule has 6 nitrogen and oxygen atoms in total. The van der Waals surface area contributed by atoms with E-state index in [0.717, 1.165) is 54.0 Å². The number of carbonyl (C=O) groups is 2. The fourth-order valence-electron chi connectivity index (χ4n) is 4.60. The third-order valence-electron chi connectivity index (χ3n) is 6.15. The Bertz CT molecular complexity index is 1260. The Kier molecular flexibility index (Phi) is 7.83. The summed E-state index contributed by atoms with van der Waals surface area (Å²) in [5, 5.41) is 6.44. The van der Waals surface area contributed by atoms with Gasteiger partial charge < -0.3 is 4.90 Å². The largest absolute Gasteiger partial charge is 0.326 e. The van der Waals surface area contributed by atoms with E-state index in [4.69, 9.17) is 28.2 Å². The van der Waals surface area contributed by atoms with Crippen molar-refractivity contribution in [3.05, 3.63) is 63.1 Å². The highest BCUT2D eigenvalue weighted by molar-refractivity contribution is 8.02. The van der Waals surface area contributed by atoms with Crippen LogP contribution in [0.25, 0.3) is 0 Å². The SMILES string of the molecule is CC(=O)N1N=C(c2ccc3c(c2)CCCN3C(=NC(C)C)c2ccc(Cl)cc2Cl)C(C)(C)SC1C=O. The number of aliphatic imine (C=N–C) groups is 1. The molecule has 0 fully saturated rings. The van der Waals surface area contributed by atoms with Crippen LogP contribution >= 0.6 is 35.0 Å². The summed E-state index contributed by atoms with van der Waals surface area (Å²) in [4.78, 5) is 31.0. The Morgan fingerprint density at radius 2 is 1.97 bits per heavy atom. The number of hydrogen-bond donors (Lipinski definition) is 0. The van der Waals surface area contributed by atoms with Gasteiger partial charge in [0.15, 0.2) is 11.7 Å². The Morgan fingerprint density at radius 1 is 1.22 bits per heavy atom. The lowest BCUT2D eigenvalue weighted by Crippen LogP contribution is -2.46. The van der Waals surface area contributed by atoms with Gasteiger partial charge >= 0.3 is 0 Å². The van der Waals surface area contributed by atoms with Crippen LogP contribution in [0.5, 0.6) is 0 Å². The highest BCUT2D eigenvalue weighted by Crippen LogP contribution is 2.40. The molecule has 1 atom stereocenters. The summed E-state index contributed by atoms with van der Waals surface area (Å²) in [5.41, 5.74) is 4.81. The van der Waals surface area contributed by atoms with Gasteiger partial charge in [-0.3, -0.25) is 14.6 Å². The van der Waals surface area contributed by atoms with Crippen molar-refractivity contribution in [2.45, 2.75) is 63.6 Å². The minimum Gasteiger partial charge on any atom is -0.326 e. The number of nitrogens with zero attached hydrogens (tertiary/aromatic N) is 4. The van der Waals surface area contributed by atoms with Crippen LogP contribution in [0.1, 0.15) is 57.7 Å². The molecule has 0 saturated carbocycles. The Morgan fingerprint density at radius 3 is 2.61 bits per heavy atom. The first-order chi connectivity index (χ1) is 17.0. The van der Waals surface area contributed by atoms with E-state index in [-0.39, 0.29) is 11.9 Å². The van der Waals surface area contributed by atoms with E-state index in [1.54, 1.807) is 6.07 Å². The minimum absolute atomic E-state index is 0.0779. The lowest BCUT2D eigenvalue weighted by molar-refractivity contribution is -0.132. The van der Waals surface area contributed by atoms with E-state index in [9.17, 15) is 9.59 Å². The summed E-state index contributed by atoms with van der Waals surface area (Å²) >= 11 is 14.2. The van der Waals surface area contributed by atoms with Crippen LogP contribution in [0.2, 0.25) is 10.0 Å². The molecule has 2 heterocycles. The number of amides is 1.